The summed E-state index contributed by atoms with van der Waals surface area (Å²) in [6, 6.07) is 5.93. The molecule has 106 valence electrons. The van der Waals surface area contributed by atoms with Crippen molar-refractivity contribution in [3.63, 3.8) is 0 Å². The molecule has 4 heteroatoms. The van der Waals surface area contributed by atoms with Crippen molar-refractivity contribution in [1.29, 1.82) is 0 Å². The lowest BCUT2D eigenvalue weighted by Gasteiger charge is -2.40. The van der Waals surface area contributed by atoms with E-state index in [4.69, 9.17) is 0 Å². The van der Waals surface area contributed by atoms with E-state index >= 15 is 0 Å². The average molecular weight is 290 g/mol. The number of fused-ring (bicyclic) bond motifs is 1. The number of aryl methyl sites for hydroxylation is 1. The minimum Gasteiger partial charge on any atom is -0.288 e. The molecule has 0 fully saturated rings. The fourth-order valence-corrected chi connectivity index (χ4v) is 3.91. The molecule has 1 aromatic heterocycles. The first-order valence-electron chi connectivity index (χ1n) is 7.00. The Morgan fingerprint density at radius 2 is 2.20 bits per heavy atom. The zero-order valence-electron chi connectivity index (χ0n) is 12.1. The Hall–Kier alpha value is -1.26. The Labute approximate surface area is 123 Å². The van der Waals surface area contributed by atoms with Crippen LogP contribution in [0.25, 0.3) is 0 Å². The lowest BCUT2D eigenvalue weighted by atomic mass is 9.89. The molecule has 0 saturated heterocycles. The first kappa shape index (κ1) is 13.7. The van der Waals surface area contributed by atoms with Crippen LogP contribution in [0.1, 0.15) is 40.9 Å². The van der Waals surface area contributed by atoms with Crippen LogP contribution in [0, 0.1) is 12.7 Å². The molecule has 0 aliphatic carbocycles. The van der Waals surface area contributed by atoms with Gasteiger partial charge in [0.05, 0.1) is 5.01 Å². The van der Waals surface area contributed by atoms with Crippen LogP contribution < -0.4 is 0 Å². The number of hydrogen-bond donors (Lipinski definition) is 0. The van der Waals surface area contributed by atoms with Crippen LogP contribution >= 0.6 is 11.3 Å². The Morgan fingerprint density at radius 3 is 2.90 bits per heavy atom. The summed E-state index contributed by atoms with van der Waals surface area (Å²) in [5.41, 5.74) is 2.41. The Kier molecular flexibility index (Phi) is 3.61. The number of benzene rings is 1. The summed E-state index contributed by atoms with van der Waals surface area (Å²) >= 11 is 1.76. The molecule has 0 unspecified atom stereocenters. The van der Waals surface area contributed by atoms with E-state index in [0.29, 0.717) is 12.1 Å². The number of hydrogen-bond acceptors (Lipinski definition) is 3. The van der Waals surface area contributed by atoms with Gasteiger partial charge in [0, 0.05) is 29.7 Å². The van der Waals surface area contributed by atoms with E-state index < -0.39 is 0 Å². The fourth-order valence-electron chi connectivity index (χ4n) is 3.11. The van der Waals surface area contributed by atoms with Crippen LogP contribution in [0.4, 0.5) is 4.39 Å². The highest BCUT2D eigenvalue weighted by molar-refractivity contribution is 7.11. The highest BCUT2D eigenvalue weighted by Crippen LogP contribution is 2.34. The zero-order chi connectivity index (χ0) is 14.3. The third kappa shape index (κ3) is 2.50. The summed E-state index contributed by atoms with van der Waals surface area (Å²) in [6.45, 7) is 7.39. The van der Waals surface area contributed by atoms with Gasteiger partial charge in [-0.05, 0) is 50.5 Å². The fraction of sp³-hybridized carbons (Fsp3) is 0.438. The topological polar surface area (TPSA) is 16.1 Å². The maximum Gasteiger partial charge on any atom is 0.123 e. The second kappa shape index (κ2) is 5.26. The van der Waals surface area contributed by atoms with Crippen molar-refractivity contribution in [3.05, 3.63) is 51.2 Å². The number of nitrogens with zero attached hydrogens (tertiary/aromatic N) is 2. The van der Waals surface area contributed by atoms with Crippen LogP contribution in [0.2, 0.25) is 0 Å². The molecule has 20 heavy (non-hydrogen) atoms. The maximum absolute atomic E-state index is 13.4. The van der Waals surface area contributed by atoms with Crippen molar-refractivity contribution in [2.45, 2.75) is 45.8 Å². The summed E-state index contributed by atoms with van der Waals surface area (Å²) in [4.78, 5) is 8.11. The van der Waals surface area contributed by atoms with Crippen molar-refractivity contribution in [1.82, 2.24) is 9.88 Å². The standard InChI is InChI=1S/C16H19FN2S/c1-10-6-13-7-14(17)4-5-16(13)11(2)19(10)9-15-8-18-12(3)20-15/h4-5,7-8,10-11H,6,9H2,1-3H3/t10-,11+/m0/s1. The van der Waals surface area contributed by atoms with E-state index in [9.17, 15) is 4.39 Å². The van der Waals surface area contributed by atoms with E-state index in [2.05, 4.69) is 23.7 Å². The van der Waals surface area contributed by atoms with Gasteiger partial charge < -0.3 is 0 Å². The molecular weight excluding hydrogens is 271 g/mol. The Bertz CT molecular complexity index is 623. The predicted molar refractivity (Wildman–Crippen MR) is 80.4 cm³/mol. The largest absolute Gasteiger partial charge is 0.288 e. The molecule has 1 aliphatic heterocycles. The van der Waals surface area contributed by atoms with E-state index in [-0.39, 0.29) is 5.82 Å². The van der Waals surface area contributed by atoms with Crippen LogP contribution in [0.15, 0.2) is 24.4 Å². The molecule has 0 radical (unpaired) electrons. The third-order valence-electron chi connectivity index (χ3n) is 4.14. The van der Waals surface area contributed by atoms with Gasteiger partial charge >= 0.3 is 0 Å². The molecule has 2 atom stereocenters. The van der Waals surface area contributed by atoms with Crippen LogP contribution in [-0.2, 0) is 13.0 Å². The van der Waals surface area contributed by atoms with E-state index in [1.54, 1.807) is 23.5 Å². The summed E-state index contributed by atoms with van der Waals surface area (Å²) in [6.07, 6.45) is 2.88. The zero-order valence-corrected chi connectivity index (χ0v) is 12.9. The molecule has 2 heterocycles. The molecule has 2 aromatic rings. The Morgan fingerprint density at radius 1 is 1.40 bits per heavy atom. The highest BCUT2D eigenvalue weighted by Gasteiger charge is 2.29. The SMILES string of the molecule is Cc1ncc(CN2[C@H](C)c3ccc(F)cc3C[C@@H]2C)s1. The summed E-state index contributed by atoms with van der Waals surface area (Å²) in [5.74, 6) is -0.130. The quantitative estimate of drug-likeness (QED) is 0.828. The molecule has 1 aliphatic rings. The van der Waals surface area contributed by atoms with Crippen molar-refractivity contribution in [2.24, 2.45) is 0 Å². The molecule has 1 aromatic carbocycles. The van der Waals surface area contributed by atoms with Crippen LogP contribution in [0.5, 0.6) is 0 Å². The van der Waals surface area contributed by atoms with Gasteiger partial charge in [-0.3, -0.25) is 4.90 Å². The smallest absolute Gasteiger partial charge is 0.123 e. The summed E-state index contributed by atoms with van der Waals surface area (Å²) in [7, 11) is 0. The first-order valence-corrected chi connectivity index (χ1v) is 7.81. The molecular formula is C16H19FN2S. The Balaban J connectivity index is 1.88. The lowest BCUT2D eigenvalue weighted by Crippen LogP contribution is -2.40. The number of rotatable bonds is 2. The first-order chi connectivity index (χ1) is 9.54. The van der Waals surface area contributed by atoms with E-state index in [1.165, 1.54) is 10.4 Å². The minimum absolute atomic E-state index is 0.130. The van der Waals surface area contributed by atoms with Crippen molar-refractivity contribution < 1.29 is 4.39 Å². The van der Waals surface area contributed by atoms with Gasteiger partial charge in [0.1, 0.15) is 5.82 Å². The van der Waals surface area contributed by atoms with Gasteiger partial charge in [-0.25, -0.2) is 9.37 Å². The van der Waals surface area contributed by atoms with Crippen molar-refractivity contribution in [3.8, 4) is 0 Å². The molecule has 0 spiro atoms. The number of halogens is 1. The normalized spacial score (nSPS) is 22.8. The van der Waals surface area contributed by atoms with E-state index in [0.717, 1.165) is 23.5 Å². The second-order valence-corrected chi connectivity index (χ2v) is 6.91. The molecule has 0 amide bonds. The van der Waals surface area contributed by atoms with Gasteiger partial charge in [-0.2, -0.15) is 0 Å². The average Bonchev–Trinajstić information content (AvgIpc) is 2.80. The van der Waals surface area contributed by atoms with Gasteiger partial charge in [-0.1, -0.05) is 6.07 Å². The van der Waals surface area contributed by atoms with Gasteiger partial charge in [-0.15, -0.1) is 11.3 Å². The summed E-state index contributed by atoms with van der Waals surface area (Å²) < 4.78 is 13.4. The third-order valence-corrected chi connectivity index (χ3v) is 5.04. The monoisotopic (exact) mass is 290 g/mol. The van der Waals surface area contributed by atoms with Gasteiger partial charge in [0.15, 0.2) is 0 Å². The molecule has 2 nitrogen and oxygen atoms in total. The second-order valence-electron chi connectivity index (χ2n) is 5.59. The van der Waals surface area contributed by atoms with Crippen molar-refractivity contribution in [2.75, 3.05) is 0 Å². The highest BCUT2D eigenvalue weighted by atomic mass is 32.1. The van der Waals surface area contributed by atoms with Crippen molar-refractivity contribution >= 4 is 11.3 Å². The van der Waals surface area contributed by atoms with E-state index in [1.807, 2.05) is 19.2 Å². The summed E-state index contributed by atoms with van der Waals surface area (Å²) in [5, 5.41) is 1.11. The van der Waals surface area contributed by atoms with Gasteiger partial charge in [0.25, 0.3) is 0 Å². The molecule has 0 N–H and O–H groups in total. The lowest BCUT2D eigenvalue weighted by molar-refractivity contribution is 0.130. The minimum atomic E-state index is -0.130. The molecule has 0 bridgehead atoms. The van der Waals surface area contributed by atoms with Crippen LogP contribution in [-0.4, -0.2) is 15.9 Å². The number of thiazole rings is 1. The molecule has 0 saturated carbocycles. The predicted octanol–water partition coefficient (Wildman–Crippen LogP) is 4.10. The van der Waals surface area contributed by atoms with Crippen LogP contribution in [0.3, 0.4) is 0 Å². The maximum atomic E-state index is 13.4. The number of aromatic nitrogens is 1. The van der Waals surface area contributed by atoms with Gasteiger partial charge in [0.2, 0.25) is 0 Å². The molecule has 3 rings (SSSR count).